The molecule has 1 amide bonds. The van der Waals surface area contributed by atoms with Gasteiger partial charge in [0.05, 0.1) is 11.7 Å². The highest BCUT2D eigenvalue weighted by Crippen LogP contribution is 2.27. The minimum Gasteiger partial charge on any atom is -0.478 e. The molecule has 0 aliphatic heterocycles. The largest absolute Gasteiger partial charge is 0.478 e. The van der Waals surface area contributed by atoms with E-state index in [1.807, 2.05) is 30.3 Å². The Bertz CT molecular complexity index is 783. The average molecular weight is 394 g/mol. The van der Waals surface area contributed by atoms with Gasteiger partial charge in [0, 0.05) is 17.1 Å². The van der Waals surface area contributed by atoms with Crippen molar-refractivity contribution in [2.45, 2.75) is 25.2 Å². The molecule has 0 spiro atoms. The zero-order valence-corrected chi connectivity index (χ0v) is 15.1. The Morgan fingerprint density at radius 1 is 1.11 bits per heavy atom. The lowest BCUT2D eigenvalue weighted by atomic mass is 10.0. The predicted molar refractivity (Wildman–Crippen MR) is 98.6 cm³/mol. The van der Waals surface area contributed by atoms with E-state index in [9.17, 15) is 19.8 Å². The third-order valence-corrected chi connectivity index (χ3v) is 4.18. The Morgan fingerprint density at radius 2 is 1.81 bits per heavy atom. The standard InChI is InChI=1S/C19H20ClNO6/c20-15-10-13(18(24)25)6-7-14(15)17(23)16(22)8-9-21-19(26)27-11-12-4-2-1-3-5-12/h1-7,10,16-17,22-23H,8-9,11H2,(H,21,26)(H,24,25). The van der Waals surface area contributed by atoms with Gasteiger partial charge >= 0.3 is 12.1 Å². The first-order valence-corrected chi connectivity index (χ1v) is 8.59. The smallest absolute Gasteiger partial charge is 0.407 e. The summed E-state index contributed by atoms with van der Waals surface area (Å²) in [5.41, 5.74) is 1.04. The first kappa shape index (κ1) is 20.7. The minimum atomic E-state index is -1.32. The number of rotatable bonds is 8. The number of hydrogen-bond acceptors (Lipinski definition) is 5. The number of carboxylic acid groups (broad SMARTS) is 1. The number of alkyl carbamates (subject to hydrolysis) is 1. The van der Waals surface area contributed by atoms with Gasteiger partial charge in [0.15, 0.2) is 0 Å². The number of benzene rings is 2. The molecule has 0 aliphatic carbocycles. The SMILES string of the molecule is O=C(NCCC(O)C(O)c1ccc(C(=O)O)cc1Cl)OCc1ccccc1. The van der Waals surface area contributed by atoms with Gasteiger partial charge in [-0.05, 0) is 24.1 Å². The number of carboxylic acids is 1. The fraction of sp³-hybridized carbons (Fsp3) is 0.263. The van der Waals surface area contributed by atoms with E-state index in [2.05, 4.69) is 5.32 Å². The number of carbonyl (C=O) groups is 2. The Balaban J connectivity index is 1.78. The maximum Gasteiger partial charge on any atom is 0.407 e. The van der Waals surface area contributed by atoms with Crippen LogP contribution in [0.5, 0.6) is 0 Å². The zero-order chi connectivity index (χ0) is 19.8. The summed E-state index contributed by atoms with van der Waals surface area (Å²) in [7, 11) is 0. The molecular formula is C19H20ClNO6. The third kappa shape index (κ3) is 6.25. The van der Waals surface area contributed by atoms with Crippen LogP contribution in [0.15, 0.2) is 48.5 Å². The fourth-order valence-corrected chi connectivity index (χ4v) is 2.65. The number of halogens is 1. The highest BCUT2D eigenvalue weighted by molar-refractivity contribution is 6.31. The van der Waals surface area contributed by atoms with Crippen molar-refractivity contribution in [1.82, 2.24) is 5.32 Å². The summed E-state index contributed by atoms with van der Waals surface area (Å²) in [4.78, 5) is 22.5. The number of aromatic carboxylic acids is 1. The molecule has 0 saturated carbocycles. The quantitative estimate of drug-likeness (QED) is 0.548. The third-order valence-electron chi connectivity index (χ3n) is 3.85. The molecule has 0 saturated heterocycles. The number of nitrogens with one attached hydrogen (secondary N) is 1. The first-order valence-electron chi connectivity index (χ1n) is 8.22. The summed E-state index contributed by atoms with van der Waals surface area (Å²) in [6.07, 6.45) is -3.10. The van der Waals surface area contributed by atoms with E-state index in [-0.39, 0.29) is 35.7 Å². The average Bonchev–Trinajstić information content (AvgIpc) is 2.66. The summed E-state index contributed by atoms with van der Waals surface area (Å²) in [5.74, 6) is -1.14. The molecule has 2 rings (SSSR count). The molecule has 0 bridgehead atoms. The second kappa shape index (κ2) is 9.91. The Labute approximate surface area is 161 Å². The molecule has 27 heavy (non-hydrogen) atoms. The van der Waals surface area contributed by atoms with Crippen molar-refractivity contribution < 1.29 is 29.6 Å². The summed E-state index contributed by atoms with van der Waals surface area (Å²) in [5, 5.41) is 31.7. The van der Waals surface area contributed by atoms with Gasteiger partial charge in [0.2, 0.25) is 0 Å². The highest BCUT2D eigenvalue weighted by atomic mass is 35.5. The predicted octanol–water partition coefficient (Wildman–Crippen LogP) is 2.75. The molecule has 2 aromatic rings. The van der Waals surface area contributed by atoms with Crippen LogP contribution in [0, 0.1) is 0 Å². The Hall–Kier alpha value is -2.61. The lowest BCUT2D eigenvalue weighted by Crippen LogP contribution is -2.29. The van der Waals surface area contributed by atoms with Gasteiger partial charge in [-0.2, -0.15) is 0 Å². The van der Waals surface area contributed by atoms with Crippen LogP contribution in [0.1, 0.15) is 34.0 Å². The van der Waals surface area contributed by atoms with E-state index in [0.717, 1.165) is 5.56 Å². The molecule has 0 fully saturated rings. The van der Waals surface area contributed by atoms with Crippen molar-refractivity contribution in [3.05, 3.63) is 70.2 Å². The van der Waals surface area contributed by atoms with Crippen LogP contribution < -0.4 is 5.32 Å². The van der Waals surface area contributed by atoms with Gasteiger partial charge in [-0.25, -0.2) is 9.59 Å². The van der Waals surface area contributed by atoms with E-state index in [0.29, 0.717) is 0 Å². The molecule has 7 nitrogen and oxygen atoms in total. The molecular weight excluding hydrogens is 374 g/mol. The van der Waals surface area contributed by atoms with Gasteiger partial charge in [-0.3, -0.25) is 0 Å². The molecule has 0 aliphatic rings. The van der Waals surface area contributed by atoms with E-state index >= 15 is 0 Å². The van der Waals surface area contributed by atoms with Gasteiger partial charge in [-0.1, -0.05) is 48.0 Å². The van der Waals surface area contributed by atoms with Crippen LogP contribution in [0.3, 0.4) is 0 Å². The van der Waals surface area contributed by atoms with Gasteiger partial charge in [-0.15, -0.1) is 0 Å². The molecule has 2 aromatic carbocycles. The molecule has 8 heteroatoms. The van der Waals surface area contributed by atoms with Crippen molar-refractivity contribution in [1.29, 1.82) is 0 Å². The monoisotopic (exact) mass is 393 g/mol. The van der Waals surface area contributed by atoms with Crippen LogP contribution in [0.4, 0.5) is 4.79 Å². The summed E-state index contributed by atoms with van der Waals surface area (Å²) < 4.78 is 5.04. The Kier molecular flexibility index (Phi) is 7.60. The molecule has 0 aromatic heterocycles. The molecule has 144 valence electrons. The number of hydrogen-bond donors (Lipinski definition) is 4. The van der Waals surface area contributed by atoms with Crippen LogP contribution >= 0.6 is 11.6 Å². The van der Waals surface area contributed by atoms with Crippen LogP contribution in [-0.2, 0) is 11.3 Å². The fourth-order valence-electron chi connectivity index (χ4n) is 2.36. The van der Waals surface area contributed by atoms with Crippen molar-refractivity contribution in [2.24, 2.45) is 0 Å². The normalized spacial score (nSPS) is 12.9. The number of aliphatic hydroxyl groups is 2. The van der Waals surface area contributed by atoms with Crippen molar-refractivity contribution in [2.75, 3.05) is 6.54 Å². The zero-order valence-electron chi connectivity index (χ0n) is 14.3. The summed E-state index contributed by atoms with van der Waals surface area (Å²) in [6.45, 7) is 0.208. The lowest BCUT2D eigenvalue weighted by molar-refractivity contribution is 0.0137. The first-order chi connectivity index (χ1) is 12.9. The van der Waals surface area contributed by atoms with E-state index in [1.54, 1.807) is 0 Å². The number of aliphatic hydroxyl groups excluding tert-OH is 2. The van der Waals surface area contributed by atoms with Gasteiger partial charge < -0.3 is 25.4 Å². The molecule has 2 unspecified atom stereocenters. The molecule has 2 atom stereocenters. The highest BCUT2D eigenvalue weighted by Gasteiger charge is 2.21. The topological polar surface area (TPSA) is 116 Å². The maximum absolute atomic E-state index is 11.6. The Morgan fingerprint density at radius 3 is 2.44 bits per heavy atom. The van der Waals surface area contributed by atoms with E-state index < -0.39 is 24.3 Å². The second-order valence-corrected chi connectivity index (χ2v) is 6.24. The second-order valence-electron chi connectivity index (χ2n) is 5.83. The van der Waals surface area contributed by atoms with Gasteiger partial charge in [0.1, 0.15) is 12.7 Å². The summed E-state index contributed by atoms with van der Waals surface area (Å²) in [6, 6.07) is 13.0. The maximum atomic E-state index is 11.6. The van der Waals surface area contributed by atoms with Crippen molar-refractivity contribution >= 4 is 23.7 Å². The van der Waals surface area contributed by atoms with Crippen molar-refractivity contribution in [3.63, 3.8) is 0 Å². The number of amides is 1. The molecule has 0 heterocycles. The van der Waals surface area contributed by atoms with Crippen LogP contribution in [0.25, 0.3) is 0 Å². The molecule has 4 N–H and O–H groups in total. The van der Waals surface area contributed by atoms with Crippen LogP contribution in [0.2, 0.25) is 5.02 Å². The number of carbonyl (C=O) groups excluding carboxylic acids is 1. The van der Waals surface area contributed by atoms with E-state index in [1.165, 1.54) is 18.2 Å². The minimum absolute atomic E-state index is 0.0201. The van der Waals surface area contributed by atoms with E-state index in [4.69, 9.17) is 21.4 Å². The van der Waals surface area contributed by atoms with Gasteiger partial charge in [0.25, 0.3) is 0 Å². The van der Waals surface area contributed by atoms with Crippen LogP contribution in [-0.4, -0.2) is 40.0 Å². The summed E-state index contributed by atoms with van der Waals surface area (Å²) >= 11 is 5.97. The van der Waals surface area contributed by atoms with Crippen molar-refractivity contribution in [3.8, 4) is 0 Å². The number of ether oxygens (including phenoxy) is 1. The lowest BCUT2D eigenvalue weighted by Gasteiger charge is -2.19. The molecule has 0 radical (unpaired) electrons.